The van der Waals surface area contributed by atoms with Crippen LogP contribution in [0.1, 0.15) is 24.2 Å². The number of nitrogens with one attached hydrogen (secondary N) is 1. The smallest absolute Gasteiger partial charge is 0.504 e. The van der Waals surface area contributed by atoms with Crippen LogP contribution >= 0.6 is 0 Å². The Morgan fingerprint density at radius 1 is 1.07 bits per heavy atom. The predicted molar refractivity (Wildman–Crippen MR) is 103 cm³/mol. The van der Waals surface area contributed by atoms with E-state index in [1.165, 1.54) is 6.07 Å². The van der Waals surface area contributed by atoms with Gasteiger partial charge >= 0.3 is 6.69 Å². The molecule has 2 unspecified atom stereocenters. The minimum atomic E-state index is -1.76. The van der Waals surface area contributed by atoms with Gasteiger partial charge in [-0.05, 0) is 26.0 Å². The molecule has 0 aromatic heterocycles. The van der Waals surface area contributed by atoms with E-state index in [0.29, 0.717) is 11.1 Å². The van der Waals surface area contributed by atoms with Gasteiger partial charge in [0.1, 0.15) is 12.4 Å². The summed E-state index contributed by atoms with van der Waals surface area (Å²) in [6, 6.07) is 16.6. The van der Waals surface area contributed by atoms with Crippen molar-refractivity contribution in [3.63, 3.8) is 0 Å². The molecule has 2 aromatic carbocycles. The molecule has 0 spiro atoms. The summed E-state index contributed by atoms with van der Waals surface area (Å²) in [4.78, 5) is 12.7. The predicted octanol–water partition coefficient (Wildman–Crippen LogP) is 1.58. The van der Waals surface area contributed by atoms with Gasteiger partial charge in [-0.1, -0.05) is 47.9 Å². The van der Waals surface area contributed by atoms with E-state index >= 15 is 0 Å². The van der Waals surface area contributed by atoms with Gasteiger partial charge in [-0.15, -0.1) is 0 Å². The molecule has 0 saturated carbocycles. The summed E-state index contributed by atoms with van der Waals surface area (Å²) in [5.41, 5.74) is 1.29. The molecule has 2 heterocycles. The van der Waals surface area contributed by atoms with Crippen LogP contribution in [0.2, 0.25) is 0 Å². The topological polar surface area (TPSA) is 67.8 Å². The average molecular weight is 368 g/mol. The molecule has 142 valence electrons. The normalized spacial score (nSPS) is 32.2. The number of nitrogens with zero attached hydrogens (tertiary/aromatic N) is 1. The van der Waals surface area contributed by atoms with Crippen LogP contribution in [0.25, 0.3) is 0 Å². The average Bonchev–Trinajstić information content (AvgIpc) is 3.07. The number of carbonyl (C=O) groups excluding carboxylic acids is 1. The molecule has 7 heteroatoms. The zero-order valence-electron chi connectivity index (χ0n) is 15.7. The summed E-state index contributed by atoms with van der Waals surface area (Å²) in [7, 11) is 0. The number of para-hydroxylation sites is 1. The van der Waals surface area contributed by atoms with Crippen LogP contribution in [0.3, 0.4) is 0 Å². The van der Waals surface area contributed by atoms with Crippen LogP contribution in [-0.4, -0.2) is 54.1 Å². The Kier molecular flexibility index (Phi) is 4.46. The highest BCUT2D eigenvalue weighted by atomic mass is 16.7. The van der Waals surface area contributed by atoms with Crippen molar-refractivity contribution >= 4 is 18.1 Å². The molecule has 0 bridgehead atoms. The van der Waals surface area contributed by atoms with E-state index in [1.807, 2.05) is 44.2 Å². The Hall–Kier alpha value is -2.35. The van der Waals surface area contributed by atoms with Crippen molar-refractivity contribution in [1.29, 1.82) is 0 Å². The molecule has 27 heavy (non-hydrogen) atoms. The van der Waals surface area contributed by atoms with Gasteiger partial charge < -0.3 is 24.1 Å². The molecule has 2 atom stereocenters. The van der Waals surface area contributed by atoms with E-state index in [1.54, 1.807) is 18.2 Å². The summed E-state index contributed by atoms with van der Waals surface area (Å²) in [6.07, 6.45) is 0.0551. The Morgan fingerprint density at radius 3 is 2.30 bits per heavy atom. The van der Waals surface area contributed by atoms with Crippen LogP contribution in [0, 0.1) is 0 Å². The summed E-state index contributed by atoms with van der Waals surface area (Å²) < 4.78 is 13.3. The molecule has 0 aliphatic carbocycles. The first-order valence-electron chi connectivity index (χ1n) is 9.43. The Balaban J connectivity index is 1.64. The Labute approximate surface area is 159 Å². The van der Waals surface area contributed by atoms with E-state index in [2.05, 4.69) is 5.32 Å². The lowest BCUT2D eigenvalue weighted by Gasteiger charge is -2.46. The minimum absolute atomic E-state index is 0.0214. The number of phenols is 1. The first-order chi connectivity index (χ1) is 13.0. The van der Waals surface area contributed by atoms with Gasteiger partial charge in [0, 0.05) is 0 Å². The van der Waals surface area contributed by atoms with Crippen LogP contribution in [0.15, 0.2) is 54.6 Å². The highest BCUT2D eigenvalue weighted by molar-refractivity contribution is 6.75. The van der Waals surface area contributed by atoms with Crippen LogP contribution in [-0.2, 0) is 9.31 Å². The van der Waals surface area contributed by atoms with Crippen LogP contribution in [0.5, 0.6) is 5.75 Å². The number of carbonyl (C=O) groups is 1. The monoisotopic (exact) mass is 368 g/mol. The quantitative estimate of drug-likeness (QED) is 0.805. The van der Waals surface area contributed by atoms with Crippen molar-refractivity contribution in [2.75, 3.05) is 19.8 Å². The maximum absolute atomic E-state index is 12.7. The van der Waals surface area contributed by atoms with Gasteiger partial charge in [-0.25, -0.2) is 0 Å². The third-order valence-corrected chi connectivity index (χ3v) is 5.72. The van der Waals surface area contributed by atoms with E-state index in [0.717, 1.165) is 18.6 Å². The highest BCUT2D eigenvalue weighted by Gasteiger charge is 2.63. The number of fused-ring (bicyclic) bond motifs is 1. The van der Waals surface area contributed by atoms with Crippen LogP contribution in [0.4, 0.5) is 0 Å². The number of hydrogen-bond acceptors (Lipinski definition) is 4. The third-order valence-electron chi connectivity index (χ3n) is 5.72. The van der Waals surface area contributed by atoms with Crippen molar-refractivity contribution in [2.24, 2.45) is 0 Å². The SMILES string of the molecule is CC1C[N+]2(CNC(=O)c3ccccc3O)CC(C)O[B-]2(c2ccccc2)O1. The molecule has 2 aliphatic rings. The summed E-state index contributed by atoms with van der Waals surface area (Å²) >= 11 is 0. The van der Waals surface area contributed by atoms with Gasteiger partial charge in [0.25, 0.3) is 5.91 Å². The molecule has 0 radical (unpaired) electrons. The molecule has 1 amide bonds. The second-order valence-corrected chi connectivity index (χ2v) is 7.74. The number of benzene rings is 2. The van der Waals surface area contributed by atoms with E-state index in [4.69, 9.17) is 9.31 Å². The Morgan fingerprint density at radius 2 is 1.67 bits per heavy atom. The molecule has 6 nitrogen and oxygen atoms in total. The van der Waals surface area contributed by atoms with Gasteiger partial charge in [-0.3, -0.25) is 4.79 Å². The fraction of sp³-hybridized carbons (Fsp3) is 0.350. The molecule has 2 aliphatic heterocycles. The molecule has 2 aromatic rings. The fourth-order valence-corrected chi connectivity index (χ4v) is 4.79. The van der Waals surface area contributed by atoms with E-state index in [9.17, 15) is 9.90 Å². The lowest BCUT2D eigenvalue weighted by Crippen LogP contribution is -2.71. The lowest BCUT2D eigenvalue weighted by molar-refractivity contribution is -0.824. The van der Waals surface area contributed by atoms with Gasteiger partial charge in [0.05, 0.1) is 30.9 Å². The largest absolute Gasteiger partial charge is 0.507 e. The molecule has 2 fully saturated rings. The maximum Gasteiger partial charge on any atom is 0.504 e. The number of phenolic OH excluding ortho intramolecular Hbond substituents is 1. The molecular weight excluding hydrogens is 343 g/mol. The van der Waals surface area contributed by atoms with Crippen molar-refractivity contribution in [1.82, 2.24) is 5.32 Å². The highest BCUT2D eigenvalue weighted by Crippen LogP contribution is 2.39. The zero-order valence-corrected chi connectivity index (χ0v) is 15.7. The third kappa shape index (κ3) is 2.92. The molecular formula is C20H25BN2O4. The fourth-order valence-electron chi connectivity index (χ4n) is 4.79. The first kappa shape index (κ1) is 18.0. The van der Waals surface area contributed by atoms with Gasteiger partial charge in [-0.2, -0.15) is 0 Å². The summed E-state index contributed by atoms with van der Waals surface area (Å²) in [6.45, 7) is 4.25. The summed E-state index contributed by atoms with van der Waals surface area (Å²) in [5.74, 6) is -0.315. The van der Waals surface area contributed by atoms with E-state index < -0.39 is 6.69 Å². The van der Waals surface area contributed by atoms with Crippen molar-refractivity contribution < 1.29 is 23.6 Å². The lowest BCUT2D eigenvalue weighted by atomic mass is 9.61. The standard InChI is InChI=1S/C20H25BN2O4/c1-15-12-23(14-22-20(25)18-10-6-7-11-19(18)24)13-16(2)27-21(23,26-15)17-8-4-3-5-9-17/h3-11,15-16,24H,12-14H2,1-2H3,(H,22,25). The van der Waals surface area contributed by atoms with Crippen LogP contribution < -0.4 is 10.8 Å². The maximum atomic E-state index is 12.7. The second kappa shape index (κ2) is 6.67. The zero-order chi connectivity index (χ0) is 19.1. The number of amides is 1. The number of hydrogen-bond donors (Lipinski definition) is 2. The minimum Gasteiger partial charge on any atom is -0.507 e. The number of aromatic hydroxyl groups is 1. The van der Waals surface area contributed by atoms with Crippen molar-refractivity contribution in [3.05, 3.63) is 60.2 Å². The molecule has 4 rings (SSSR count). The van der Waals surface area contributed by atoms with Gasteiger partial charge in [0.15, 0.2) is 0 Å². The molecule has 2 N–H and O–H groups in total. The Bertz CT molecular complexity index is 831. The first-order valence-corrected chi connectivity index (χ1v) is 9.43. The van der Waals surface area contributed by atoms with Crippen molar-refractivity contribution in [3.8, 4) is 5.75 Å². The molecule has 2 saturated heterocycles. The van der Waals surface area contributed by atoms with E-state index in [-0.39, 0.29) is 29.4 Å². The van der Waals surface area contributed by atoms with Gasteiger partial charge in [0.2, 0.25) is 0 Å². The number of rotatable bonds is 4. The second-order valence-electron chi connectivity index (χ2n) is 7.74. The van der Waals surface area contributed by atoms with Crippen molar-refractivity contribution in [2.45, 2.75) is 26.1 Å². The number of quaternary nitrogens is 1. The summed E-state index contributed by atoms with van der Waals surface area (Å²) in [5, 5.41) is 13.0.